The summed E-state index contributed by atoms with van der Waals surface area (Å²) in [5, 5.41) is 4.05. The zero-order valence-electron chi connectivity index (χ0n) is 12.5. The van der Waals surface area contributed by atoms with Gasteiger partial charge in [0.25, 0.3) is 0 Å². The summed E-state index contributed by atoms with van der Waals surface area (Å²) in [7, 11) is 0. The van der Waals surface area contributed by atoms with Crippen LogP contribution in [0.15, 0.2) is 10.8 Å². The molecule has 5 heteroatoms. The quantitative estimate of drug-likeness (QED) is 0.852. The molecule has 3 heterocycles. The lowest BCUT2D eigenvalue weighted by atomic mass is 10.0. The highest BCUT2D eigenvalue weighted by atomic mass is 16.5. The van der Waals surface area contributed by atoms with Crippen molar-refractivity contribution < 1.29 is 9.32 Å². The van der Waals surface area contributed by atoms with E-state index in [0.717, 1.165) is 57.1 Å². The summed E-state index contributed by atoms with van der Waals surface area (Å²) >= 11 is 0. The van der Waals surface area contributed by atoms with Crippen LogP contribution in [0.4, 0.5) is 0 Å². The predicted octanol–water partition coefficient (Wildman–Crippen LogP) is 1.82. The second-order valence-electron chi connectivity index (χ2n) is 6.77. The van der Waals surface area contributed by atoms with Gasteiger partial charge in [-0.2, -0.15) is 0 Å². The second-order valence-corrected chi connectivity index (χ2v) is 6.77. The van der Waals surface area contributed by atoms with Crippen molar-refractivity contribution >= 4 is 5.91 Å². The van der Waals surface area contributed by atoms with E-state index in [9.17, 15) is 4.79 Å². The Morgan fingerprint density at radius 1 is 1.19 bits per heavy atom. The highest BCUT2D eigenvalue weighted by Crippen LogP contribution is 2.31. The maximum atomic E-state index is 12.2. The van der Waals surface area contributed by atoms with Crippen molar-refractivity contribution in [2.24, 2.45) is 5.92 Å². The first kappa shape index (κ1) is 13.3. The van der Waals surface area contributed by atoms with Crippen molar-refractivity contribution in [1.82, 2.24) is 15.0 Å². The smallest absolute Gasteiger partial charge is 0.222 e. The van der Waals surface area contributed by atoms with E-state index in [4.69, 9.17) is 4.52 Å². The minimum atomic E-state index is 0.368. The van der Waals surface area contributed by atoms with E-state index < -0.39 is 0 Å². The molecule has 1 aromatic rings. The standard InChI is InChI=1S/C16H23N3O2/c20-16-4-3-14(5-7-19(16)9-12-1-2-12)18-8-6-15-13(10-18)11-21-17-15/h11-12,14H,1-10H2/t14-/m1/s1. The normalized spacial score (nSPS) is 27.5. The van der Waals surface area contributed by atoms with Crippen LogP contribution in [0.25, 0.3) is 0 Å². The molecule has 3 aliphatic rings. The van der Waals surface area contributed by atoms with Crippen LogP contribution < -0.4 is 0 Å². The SMILES string of the molecule is O=C1CC[C@@H](N2CCc3nocc3C2)CCN1CC1CC1. The largest absolute Gasteiger partial charge is 0.364 e. The highest BCUT2D eigenvalue weighted by Gasteiger charge is 2.32. The molecule has 2 fully saturated rings. The summed E-state index contributed by atoms with van der Waals surface area (Å²) < 4.78 is 5.07. The van der Waals surface area contributed by atoms with Crippen molar-refractivity contribution in [3.05, 3.63) is 17.5 Å². The molecular formula is C16H23N3O2. The number of rotatable bonds is 3. The summed E-state index contributed by atoms with van der Waals surface area (Å²) in [5.41, 5.74) is 2.35. The lowest BCUT2D eigenvalue weighted by Gasteiger charge is -2.33. The zero-order chi connectivity index (χ0) is 14.2. The third kappa shape index (κ3) is 2.84. The van der Waals surface area contributed by atoms with Gasteiger partial charge in [0.05, 0.1) is 5.69 Å². The topological polar surface area (TPSA) is 49.6 Å². The molecule has 1 aliphatic carbocycles. The van der Waals surface area contributed by atoms with Gasteiger partial charge >= 0.3 is 0 Å². The van der Waals surface area contributed by atoms with Crippen LogP contribution in [0.5, 0.6) is 0 Å². The fraction of sp³-hybridized carbons (Fsp3) is 0.750. The van der Waals surface area contributed by atoms with Gasteiger partial charge in [0.1, 0.15) is 6.26 Å². The number of aromatic nitrogens is 1. The van der Waals surface area contributed by atoms with Crippen LogP contribution >= 0.6 is 0 Å². The van der Waals surface area contributed by atoms with E-state index in [0.29, 0.717) is 18.4 Å². The number of carbonyl (C=O) groups excluding carboxylic acids is 1. The summed E-state index contributed by atoms with van der Waals surface area (Å²) in [6.07, 6.45) is 8.21. The molecule has 1 saturated heterocycles. The Bertz CT molecular complexity index is 523. The van der Waals surface area contributed by atoms with Crippen molar-refractivity contribution in [3.8, 4) is 0 Å². The molecule has 0 spiro atoms. The van der Waals surface area contributed by atoms with Gasteiger partial charge in [0.15, 0.2) is 0 Å². The Labute approximate surface area is 125 Å². The predicted molar refractivity (Wildman–Crippen MR) is 77.6 cm³/mol. The Morgan fingerprint density at radius 2 is 2.10 bits per heavy atom. The van der Waals surface area contributed by atoms with Gasteiger partial charge in [-0.3, -0.25) is 9.69 Å². The molecule has 114 valence electrons. The summed E-state index contributed by atoms with van der Waals surface area (Å²) in [6, 6.07) is 0.529. The van der Waals surface area contributed by atoms with Crippen LogP contribution in [0.3, 0.4) is 0 Å². The molecule has 0 N–H and O–H groups in total. The summed E-state index contributed by atoms with van der Waals surface area (Å²) in [5.74, 6) is 1.16. The molecule has 1 amide bonds. The first-order valence-corrected chi connectivity index (χ1v) is 8.23. The summed E-state index contributed by atoms with van der Waals surface area (Å²) in [4.78, 5) is 16.9. The fourth-order valence-corrected chi connectivity index (χ4v) is 3.67. The first-order valence-electron chi connectivity index (χ1n) is 8.23. The Morgan fingerprint density at radius 3 is 2.95 bits per heavy atom. The Hall–Kier alpha value is -1.36. The Kier molecular flexibility index (Phi) is 3.45. The van der Waals surface area contributed by atoms with E-state index in [1.807, 2.05) is 0 Å². The molecule has 4 rings (SSSR count). The van der Waals surface area contributed by atoms with E-state index in [-0.39, 0.29) is 0 Å². The molecule has 0 bridgehead atoms. The van der Waals surface area contributed by atoms with Crippen LogP contribution in [0.1, 0.15) is 43.4 Å². The molecule has 0 radical (unpaired) electrons. The minimum absolute atomic E-state index is 0.368. The number of hydrogen-bond acceptors (Lipinski definition) is 4. The highest BCUT2D eigenvalue weighted by molar-refractivity contribution is 5.76. The fourth-order valence-electron chi connectivity index (χ4n) is 3.67. The molecular weight excluding hydrogens is 266 g/mol. The maximum Gasteiger partial charge on any atom is 0.222 e. The van der Waals surface area contributed by atoms with Crippen LogP contribution in [-0.2, 0) is 17.8 Å². The van der Waals surface area contributed by atoms with Gasteiger partial charge < -0.3 is 9.42 Å². The molecule has 21 heavy (non-hydrogen) atoms. The van der Waals surface area contributed by atoms with Gasteiger partial charge in [-0.15, -0.1) is 0 Å². The molecule has 5 nitrogen and oxygen atoms in total. The van der Waals surface area contributed by atoms with Crippen LogP contribution in [0.2, 0.25) is 0 Å². The average molecular weight is 289 g/mol. The number of carbonyl (C=O) groups is 1. The van der Waals surface area contributed by atoms with E-state index in [1.54, 1.807) is 6.26 Å². The number of likely N-dealkylation sites (tertiary alicyclic amines) is 1. The molecule has 1 atom stereocenters. The molecule has 1 aromatic heterocycles. The number of fused-ring (bicyclic) bond motifs is 1. The van der Waals surface area contributed by atoms with E-state index in [1.165, 1.54) is 18.4 Å². The monoisotopic (exact) mass is 289 g/mol. The van der Waals surface area contributed by atoms with Crippen LogP contribution in [0, 0.1) is 5.92 Å². The van der Waals surface area contributed by atoms with E-state index >= 15 is 0 Å². The summed E-state index contributed by atoms with van der Waals surface area (Å²) in [6.45, 7) is 3.91. The molecule has 0 aromatic carbocycles. The first-order chi connectivity index (χ1) is 10.3. The second kappa shape index (κ2) is 5.44. The van der Waals surface area contributed by atoms with Gasteiger partial charge in [0.2, 0.25) is 5.91 Å². The van der Waals surface area contributed by atoms with Gasteiger partial charge in [0, 0.05) is 50.6 Å². The number of nitrogens with zero attached hydrogens (tertiary/aromatic N) is 3. The average Bonchev–Trinajstić information content (AvgIpc) is 3.22. The lowest BCUT2D eigenvalue weighted by molar-refractivity contribution is -0.130. The van der Waals surface area contributed by atoms with Gasteiger partial charge in [-0.1, -0.05) is 5.16 Å². The van der Waals surface area contributed by atoms with Crippen molar-refractivity contribution in [3.63, 3.8) is 0 Å². The van der Waals surface area contributed by atoms with Crippen molar-refractivity contribution in [2.45, 2.75) is 51.1 Å². The zero-order valence-corrected chi connectivity index (χ0v) is 12.5. The molecule has 2 aliphatic heterocycles. The number of hydrogen-bond donors (Lipinski definition) is 0. The van der Waals surface area contributed by atoms with Crippen molar-refractivity contribution in [2.75, 3.05) is 19.6 Å². The van der Waals surface area contributed by atoms with E-state index in [2.05, 4.69) is 15.0 Å². The molecule has 1 saturated carbocycles. The third-order valence-electron chi connectivity index (χ3n) is 5.21. The lowest BCUT2D eigenvalue weighted by Crippen LogP contribution is -2.39. The van der Waals surface area contributed by atoms with Crippen molar-refractivity contribution in [1.29, 1.82) is 0 Å². The Balaban J connectivity index is 1.39. The minimum Gasteiger partial charge on any atom is -0.364 e. The van der Waals surface area contributed by atoms with Gasteiger partial charge in [-0.05, 0) is 31.6 Å². The van der Waals surface area contributed by atoms with Gasteiger partial charge in [-0.25, -0.2) is 0 Å². The maximum absolute atomic E-state index is 12.2. The number of amides is 1. The third-order valence-corrected chi connectivity index (χ3v) is 5.21. The van der Waals surface area contributed by atoms with Crippen LogP contribution in [-0.4, -0.2) is 46.5 Å². The molecule has 0 unspecified atom stereocenters.